The number of nitrogens with zero attached hydrogens (tertiary/aromatic N) is 2. The van der Waals surface area contributed by atoms with E-state index in [4.69, 9.17) is 4.98 Å². The van der Waals surface area contributed by atoms with Crippen LogP contribution in [0.15, 0.2) is 0 Å². The molecule has 0 unspecified atom stereocenters. The van der Waals surface area contributed by atoms with Crippen LogP contribution in [-0.2, 0) is 13.0 Å². The van der Waals surface area contributed by atoms with Gasteiger partial charge in [-0.25, -0.2) is 4.98 Å². The minimum atomic E-state index is 0.124. The number of thiazole rings is 1. The fraction of sp³-hybridized carbons (Fsp3) is 0.769. The molecule has 1 saturated heterocycles. The van der Waals surface area contributed by atoms with Crippen molar-refractivity contribution in [2.45, 2.75) is 45.0 Å². The van der Waals surface area contributed by atoms with Crippen molar-refractivity contribution >= 4 is 28.2 Å². The minimum absolute atomic E-state index is 0.124. The topological polar surface area (TPSA) is 36.4 Å². The van der Waals surface area contributed by atoms with Crippen molar-refractivity contribution in [3.8, 4) is 0 Å². The molecule has 1 aromatic heterocycles. The molecule has 0 saturated carbocycles. The van der Waals surface area contributed by atoms with Crippen LogP contribution in [0, 0.1) is 0 Å². The van der Waals surface area contributed by atoms with Gasteiger partial charge in [0.2, 0.25) is 0 Å². The Morgan fingerprint density at radius 1 is 1.44 bits per heavy atom. The van der Waals surface area contributed by atoms with E-state index in [9.17, 15) is 5.11 Å². The van der Waals surface area contributed by atoms with Crippen molar-refractivity contribution in [2.75, 3.05) is 23.7 Å². The van der Waals surface area contributed by atoms with Crippen molar-refractivity contribution < 1.29 is 5.11 Å². The van der Waals surface area contributed by atoms with E-state index in [-0.39, 0.29) is 6.61 Å². The molecule has 0 aliphatic carbocycles. The average molecular weight is 286 g/mol. The number of hydrogen-bond donors (Lipinski definition) is 1. The number of hydrogen-bond acceptors (Lipinski definition) is 5. The van der Waals surface area contributed by atoms with E-state index >= 15 is 0 Å². The molecule has 2 heterocycles. The van der Waals surface area contributed by atoms with Gasteiger partial charge in [-0.3, -0.25) is 0 Å². The van der Waals surface area contributed by atoms with Gasteiger partial charge in [0.15, 0.2) is 5.13 Å². The van der Waals surface area contributed by atoms with Gasteiger partial charge in [-0.15, -0.1) is 0 Å². The molecule has 1 fully saturated rings. The van der Waals surface area contributed by atoms with Crippen molar-refractivity contribution in [1.29, 1.82) is 0 Å². The third-order valence-corrected chi connectivity index (χ3v) is 5.53. The van der Waals surface area contributed by atoms with Gasteiger partial charge < -0.3 is 10.0 Å². The predicted molar refractivity (Wildman–Crippen MR) is 80.8 cm³/mol. The summed E-state index contributed by atoms with van der Waals surface area (Å²) in [5.74, 6) is 1.16. The van der Waals surface area contributed by atoms with Crippen LogP contribution in [0.2, 0.25) is 0 Å². The first-order chi connectivity index (χ1) is 8.55. The molecule has 3 nitrogen and oxygen atoms in total. The highest BCUT2D eigenvalue weighted by molar-refractivity contribution is 8.00. The summed E-state index contributed by atoms with van der Waals surface area (Å²) in [6.07, 6.45) is 2.05. The summed E-state index contributed by atoms with van der Waals surface area (Å²) in [6.45, 7) is 8.97. The van der Waals surface area contributed by atoms with Crippen LogP contribution in [0.25, 0.3) is 0 Å². The largest absolute Gasteiger partial charge is 0.391 e. The van der Waals surface area contributed by atoms with Gasteiger partial charge in [-0.2, -0.15) is 11.8 Å². The zero-order valence-corrected chi connectivity index (χ0v) is 13.0. The van der Waals surface area contributed by atoms with Gasteiger partial charge in [0.25, 0.3) is 0 Å². The normalized spacial score (nSPS) is 19.2. The van der Waals surface area contributed by atoms with Gasteiger partial charge >= 0.3 is 0 Å². The van der Waals surface area contributed by atoms with Crippen molar-refractivity contribution in [2.24, 2.45) is 0 Å². The molecule has 0 radical (unpaired) electrons. The van der Waals surface area contributed by atoms with Crippen molar-refractivity contribution in [3.63, 3.8) is 0 Å². The summed E-state index contributed by atoms with van der Waals surface area (Å²) in [6, 6.07) is 0. The van der Waals surface area contributed by atoms with Crippen LogP contribution in [0.3, 0.4) is 0 Å². The van der Waals surface area contributed by atoms with E-state index in [0.29, 0.717) is 4.75 Å². The molecule has 0 aromatic carbocycles. The van der Waals surface area contributed by atoms with Gasteiger partial charge in [0.1, 0.15) is 0 Å². The van der Waals surface area contributed by atoms with E-state index in [1.807, 2.05) is 11.8 Å². The molecule has 1 aromatic rings. The van der Waals surface area contributed by atoms with Gasteiger partial charge in [-0.1, -0.05) is 24.7 Å². The SMILES string of the molecule is CCCc1nc(N2CCSC(C)(C)C2)sc1CO. The summed E-state index contributed by atoms with van der Waals surface area (Å²) in [4.78, 5) is 8.15. The lowest BCUT2D eigenvalue weighted by Crippen LogP contribution is -2.43. The van der Waals surface area contributed by atoms with Gasteiger partial charge in [0.05, 0.1) is 17.2 Å². The summed E-state index contributed by atoms with van der Waals surface area (Å²) >= 11 is 3.69. The first kappa shape index (κ1) is 14.2. The molecule has 2 rings (SSSR count). The average Bonchev–Trinajstić information content (AvgIpc) is 2.71. The molecule has 0 atom stereocenters. The highest BCUT2D eigenvalue weighted by Crippen LogP contribution is 2.35. The number of anilines is 1. The van der Waals surface area contributed by atoms with Crippen LogP contribution in [-0.4, -0.2) is 33.7 Å². The van der Waals surface area contributed by atoms with Crippen LogP contribution in [0.1, 0.15) is 37.8 Å². The maximum Gasteiger partial charge on any atom is 0.185 e. The second-order valence-electron chi connectivity index (χ2n) is 5.30. The molecule has 1 aliphatic heterocycles. The quantitative estimate of drug-likeness (QED) is 0.923. The molecule has 1 aliphatic rings. The third kappa shape index (κ3) is 3.19. The zero-order chi connectivity index (χ0) is 13.2. The number of aryl methyl sites for hydroxylation is 1. The third-order valence-electron chi connectivity index (χ3n) is 3.09. The lowest BCUT2D eigenvalue weighted by atomic mass is 10.2. The first-order valence-corrected chi connectivity index (χ1v) is 8.34. The Morgan fingerprint density at radius 2 is 2.22 bits per heavy atom. The highest BCUT2D eigenvalue weighted by atomic mass is 32.2. The molecule has 1 N–H and O–H groups in total. The Morgan fingerprint density at radius 3 is 2.83 bits per heavy atom. The number of thioether (sulfide) groups is 1. The summed E-state index contributed by atoms with van der Waals surface area (Å²) in [7, 11) is 0. The zero-order valence-electron chi connectivity index (χ0n) is 11.4. The molecule has 5 heteroatoms. The van der Waals surface area contributed by atoms with Gasteiger partial charge in [0, 0.05) is 23.6 Å². The van der Waals surface area contributed by atoms with E-state index in [2.05, 4.69) is 25.7 Å². The molecule has 102 valence electrons. The number of aliphatic hydroxyl groups is 1. The maximum atomic E-state index is 9.41. The molecule has 18 heavy (non-hydrogen) atoms. The lowest BCUT2D eigenvalue weighted by Gasteiger charge is -2.37. The lowest BCUT2D eigenvalue weighted by molar-refractivity contribution is 0.284. The Hall–Kier alpha value is -0.260. The van der Waals surface area contributed by atoms with E-state index in [1.54, 1.807) is 11.3 Å². The maximum absolute atomic E-state index is 9.41. The molecule has 0 spiro atoms. The smallest absolute Gasteiger partial charge is 0.185 e. The van der Waals surface area contributed by atoms with Crippen molar-refractivity contribution in [3.05, 3.63) is 10.6 Å². The summed E-state index contributed by atoms with van der Waals surface area (Å²) < 4.78 is 0.300. The summed E-state index contributed by atoms with van der Waals surface area (Å²) in [5.41, 5.74) is 1.09. The number of aromatic nitrogens is 1. The summed E-state index contributed by atoms with van der Waals surface area (Å²) in [5, 5.41) is 10.5. The van der Waals surface area contributed by atoms with Crippen LogP contribution < -0.4 is 4.90 Å². The molecular formula is C13H22N2OS2. The van der Waals surface area contributed by atoms with Crippen molar-refractivity contribution in [1.82, 2.24) is 4.98 Å². The molecule has 0 amide bonds. The number of aliphatic hydroxyl groups excluding tert-OH is 1. The molecule has 0 bridgehead atoms. The van der Waals surface area contributed by atoms with E-state index in [0.717, 1.165) is 47.4 Å². The Balaban J connectivity index is 2.17. The molecular weight excluding hydrogens is 264 g/mol. The van der Waals surface area contributed by atoms with Gasteiger partial charge in [-0.05, 0) is 20.3 Å². The minimum Gasteiger partial charge on any atom is -0.391 e. The fourth-order valence-electron chi connectivity index (χ4n) is 2.24. The first-order valence-electron chi connectivity index (χ1n) is 6.54. The van der Waals surface area contributed by atoms with Crippen LogP contribution in [0.5, 0.6) is 0 Å². The van der Waals surface area contributed by atoms with E-state index < -0.39 is 0 Å². The number of rotatable bonds is 4. The fourth-order valence-corrected chi connectivity index (χ4v) is 4.34. The van der Waals surface area contributed by atoms with E-state index in [1.165, 1.54) is 0 Å². The second kappa shape index (κ2) is 5.80. The van der Waals surface area contributed by atoms with Crippen LogP contribution >= 0.6 is 23.1 Å². The standard InChI is InChI=1S/C13H22N2OS2/c1-4-5-10-11(8-16)18-12(14-10)15-6-7-17-13(2,3)9-15/h16H,4-9H2,1-3H3. The Labute approximate surface area is 118 Å². The van der Waals surface area contributed by atoms with Crippen LogP contribution in [0.4, 0.5) is 5.13 Å². The Bertz CT molecular complexity index is 404. The predicted octanol–water partition coefficient (Wildman–Crippen LogP) is 2.92. The Kier molecular flexibility index (Phi) is 4.56. The monoisotopic (exact) mass is 286 g/mol. The second-order valence-corrected chi connectivity index (χ2v) is 8.17. The highest BCUT2D eigenvalue weighted by Gasteiger charge is 2.29.